The van der Waals surface area contributed by atoms with Gasteiger partial charge in [0, 0.05) is 25.0 Å². The van der Waals surface area contributed by atoms with E-state index in [1.54, 1.807) is 0 Å². The SMILES string of the molecule is CCCNC(CC)c1ccn(CCCC(C)C)c1. The highest BCUT2D eigenvalue weighted by molar-refractivity contribution is 5.15. The number of nitrogens with zero attached hydrogens (tertiary/aromatic N) is 1. The van der Waals surface area contributed by atoms with Crippen molar-refractivity contribution >= 4 is 0 Å². The van der Waals surface area contributed by atoms with Crippen LogP contribution in [0.3, 0.4) is 0 Å². The molecule has 0 spiro atoms. The molecule has 1 rings (SSSR count). The van der Waals surface area contributed by atoms with E-state index < -0.39 is 0 Å². The van der Waals surface area contributed by atoms with Crippen molar-refractivity contribution in [2.24, 2.45) is 5.92 Å². The van der Waals surface area contributed by atoms with E-state index in [4.69, 9.17) is 0 Å². The lowest BCUT2D eigenvalue weighted by Gasteiger charge is -2.15. The van der Waals surface area contributed by atoms with Crippen LogP contribution in [0.5, 0.6) is 0 Å². The molecular weight excluding hydrogens is 220 g/mol. The Morgan fingerprint density at radius 1 is 1.28 bits per heavy atom. The Bertz CT molecular complexity index is 315. The molecule has 0 saturated carbocycles. The third-order valence-corrected chi connectivity index (χ3v) is 3.42. The summed E-state index contributed by atoms with van der Waals surface area (Å²) in [7, 11) is 0. The lowest BCUT2D eigenvalue weighted by atomic mass is 10.1. The summed E-state index contributed by atoms with van der Waals surface area (Å²) >= 11 is 0. The van der Waals surface area contributed by atoms with E-state index in [0.717, 1.165) is 25.4 Å². The Hall–Kier alpha value is -0.760. The van der Waals surface area contributed by atoms with Crippen LogP contribution in [-0.2, 0) is 6.54 Å². The molecule has 0 fully saturated rings. The van der Waals surface area contributed by atoms with Crippen LogP contribution in [0.4, 0.5) is 0 Å². The minimum Gasteiger partial charge on any atom is -0.354 e. The van der Waals surface area contributed by atoms with Gasteiger partial charge in [-0.3, -0.25) is 0 Å². The van der Waals surface area contributed by atoms with E-state index in [0.29, 0.717) is 6.04 Å². The fourth-order valence-corrected chi connectivity index (χ4v) is 2.30. The average Bonchev–Trinajstić information content (AvgIpc) is 2.78. The van der Waals surface area contributed by atoms with Gasteiger partial charge in [-0.05, 0) is 49.8 Å². The van der Waals surface area contributed by atoms with Gasteiger partial charge in [0.25, 0.3) is 0 Å². The summed E-state index contributed by atoms with van der Waals surface area (Å²) in [6, 6.07) is 2.79. The maximum atomic E-state index is 3.61. The molecule has 2 heteroatoms. The highest BCUT2D eigenvalue weighted by atomic mass is 15.0. The molecule has 1 unspecified atom stereocenters. The van der Waals surface area contributed by atoms with Crippen molar-refractivity contribution in [3.63, 3.8) is 0 Å². The van der Waals surface area contributed by atoms with Gasteiger partial charge in [0.05, 0.1) is 0 Å². The quantitative estimate of drug-likeness (QED) is 0.688. The third-order valence-electron chi connectivity index (χ3n) is 3.42. The Labute approximate surface area is 113 Å². The second-order valence-electron chi connectivity index (χ2n) is 5.63. The summed E-state index contributed by atoms with van der Waals surface area (Å²) in [5, 5.41) is 3.61. The number of rotatable bonds is 9. The van der Waals surface area contributed by atoms with E-state index in [-0.39, 0.29) is 0 Å². The summed E-state index contributed by atoms with van der Waals surface area (Å²) in [4.78, 5) is 0. The first kappa shape index (κ1) is 15.3. The summed E-state index contributed by atoms with van der Waals surface area (Å²) in [6.45, 7) is 11.3. The molecule has 18 heavy (non-hydrogen) atoms. The molecule has 0 aliphatic heterocycles. The molecule has 1 aromatic heterocycles. The predicted molar refractivity (Wildman–Crippen MR) is 79.8 cm³/mol. The van der Waals surface area contributed by atoms with E-state index in [2.05, 4.69) is 56.0 Å². The topological polar surface area (TPSA) is 17.0 Å². The summed E-state index contributed by atoms with van der Waals surface area (Å²) < 4.78 is 2.34. The molecule has 1 N–H and O–H groups in total. The molecule has 0 amide bonds. The van der Waals surface area contributed by atoms with Gasteiger partial charge in [0.2, 0.25) is 0 Å². The summed E-state index contributed by atoms with van der Waals surface area (Å²) in [5.74, 6) is 0.814. The van der Waals surface area contributed by atoms with Crippen LogP contribution in [0.1, 0.15) is 65.0 Å². The van der Waals surface area contributed by atoms with Crippen LogP contribution < -0.4 is 5.32 Å². The molecule has 104 valence electrons. The molecule has 0 aromatic carbocycles. The molecular formula is C16H30N2. The molecule has 0 aliphatic carbocycles. The number of hydrogen-bond donors (Lipinski definition) is 1. The molecule has 1 aromatic rings. The number of nitrogens with one attached hydrogen (secondary N) is 1. The van der Waals surface area contributed by atoms with Crippen molar-refractivity contribution in [3.05, 3.63) is 24.0 Å². The van der Waals surface area contributed by atoms with Gasteiger partial charge in [-0.15, -0.1) is 0 Å². The average molecular weight is 250 g/mol. The van der Waals surface area contributed by atoms with E-state index in [9.17, 15) is 0 Å². The van der Waals surface area contributed by atoms with Crippen LogP contribution in [0.2, 0.25) is 0 Å². The van der Waals surface area contributed by atoms with Gasteiger partial charge in [-0.2, -0.15) is 0 Å². The van der Waals surface area contributed by atoms with Crippen LogP contribution in [0, 0.1) is 5.92 Å². The molecule has 0 saturated heterocycles. The zero-order valence-corrected chi connectivity index (χ0v) is 12.6. The molecule has 0 aliphatic rings. The minimum absolute atomic E-state index is 0.524. The largest absolute Gasteiger partial charge is 0.354 e. The van der Waals surface area contributed by atoms with Crippen molar-refractivity contribution in [1.29, 1.82) is 0 Å². The van der Waals surface area contributed by atoms with Gasteiger partial charge < -0.3 is 9.88 Å². The van der Waals surface area contributed by atoms with Crippen LogP contribution in [0.25, 0.3) is 0 Å². The minimum atomic E-state index is 0.524. The maximum Gasteiger partial charge on any atom is 0.0332 e. The lowest BCUT2D eigenvalue weighted by molar-refractivity contribution is 0.504. The van der Waals surface area contributed by atoms with Gasteiger partial charge in [-0.1, -0.05) is 27.7 Å². The predicted octanol–water partition coefficient (Wildman–Crippen LogP) is 4.38. The van der Waals surface area contributed by atoms with E-state index in [1.807, 2.05) is 0 Å². The maximum absolute atomic E-state index is 3.61. The first-order chi connectivity index (χ1) is 8.67. The highest BCUT2D eigenvalue weighted by Gasteiger charge is 2.09. The van der Waals surface area contributed by atoms with Gasteiger partial charge in [0.15, 0.2) is 0 Å². The standard InChI is InChI=1S/C16H30N2/c1-5-10-17-16(6-2)15-9-12-18(13-15)11-7-8-14(3)4/h9,12-14,16-17H,5-8,10-11H2,1-4H3. The first-order valence-electron chi connectivity index (χ1n) is 7.56. The fourth-order valence-electron chi connectivity index (χ4n) is 2.30. The normalized spacial score (nSPS) is 13.2. The monoisotopic (exact) mass is 250 g/mol. The number of aryl methyl sites for hydroxylation is 1. The van der Waals surface area contributed by atoms with E-state index in [1.165, 1.54) is 24.8 Å². The molecule has 0 bridgehead atoms. The fraction of sp³-hybridized carbons (Fsp3) is 0.750. The smallest absolute Gasteiger partial charge is 0.0332 e. The molecule has 0 radical (unpaired) electrons. The summed E-state index contributed by atoms with van der Waals surface area (Å²) in [5.41, 5.74) is 1.44. The van der Waals surface area contributed by atoms with Crippen LogP contribution in [-0.4, -0.2) is 11.1 Å². The van der Waals surface area contributed by atoms with Crippen molar-refractivity contribution in [3.8, 4) is 0 Å². The molecule has 2 nitrogen and oxygen atoms in total. The Kier molecular flexibility index (Phi) is 7.11. The van der Waals surface area contributed by atoms with Crippen LogP contribution in [0.15, 0.2) is 18.5 Å². The van der Waals surface area contributed by atoms with Crippen LogP contribution >= 0.6 is 0 Å². The number of hydrogen-bond acceptors (Lipinski definition) is 1. The zero-order valence-electron chi connectivity index (χ0n) is 12.6. The van der Waals surface area contributed by atoms with Crippen molar-refractivity contribution in [2.75, 3.05) is 6.54 Å². The first-order valence-corrected chi connectivity index (χ1v) is 7.56. The van der Waals surface area contributed by atoms with Crippen molar-refractivity contribution < 1.29 is 0 Å². The van der Waals surface area contributed by atoms with Gasteiger partial charge in [0.1, 0.15) is 0 Å². The lowest BCUT2D eigenvalue weighted by Crippen LogP contribution is -2.21. The third kappa shape index (κ3) is 5.26. The van der Waals surface area contributed by atoms with Crippen molar-refractivity contribution in [2.45, 2.75) is 66.0 Å². The van der Waals surface area contributed by atoms with Gasteiger partial charge >= 0.3 is 0 Å². The number of aromatic nitrogens is 1. The van der Waals surface area contributed by atoms with Crippen molar-refractivity contribution in [1.82, 2.24) is 9.88 Å². The van der Waals surface area contributed by atoms with E-state index >= 15 is 0 Å². The van der Waals surface area contributed by atoms with Gasteiger partial charge in [-0.25, -0.2) is 0 Å². The summed E-state index contributed by atoms with van der Waals surface area (Å²) in [6.07, 6.45) is 9.51. The zero-order chi connectivity index (χ0) is 13.4. The Morgan fingerprint density at radius 3 is 2.67 bits per heavy atom. The highest BCUT2D eigenvalue weighted by Crippen LogP contribution is 2.17. The second-order valence-corrected chi connectivity index (χ2v) is 5.63. The molecule has 1 atom stereocenters. The second kappa shape index (κ2) is 8.36. The Balaban J connectivity index is 2.45. The Morgan fingerprint density at radius 2 is 2.06 bits per heavy atom. The molecule has 1 heterocycles.